The van der Waals surface area contributed by atoms with Crippen molar-refractivity contribution in [1.29, 1.82) is 0 Å². The van der Waals surface area contributed by atoms with Gasteiger partial charge in [-0.25, -0.2) is 0 Å². The maximum atomic E-state index is 6.18. The molecule has 0 radical (unpaired) electrons. The van der Waals surface area contributed by atoms with Crippen molar-refractivity contribution in [1.82, 2.24) is 15.0 Å². The third kappa shape index (κ3) is 3.53. The highest BCUT2D eigenvalue weighted by Gasteiger charge is 2.11. The lowest BCUT2D eigenvalue weighted by molar-refractivity contribution is 0.261. The molecule has 0 bridgehead atoms. The first-order valence-electron chi connectivity index (χ1n) is 7.02. The van der Waals surface area contributed by atoms with Crippen LogP contribution in [0.5, 0.6) is 0 Å². The van der Waals surface area contributed by atoms with Crippen LogP contribution in [0.1, 0.15) is 11.5 Å². The number of halogens is 1. The molecule has 0 spiro atoms. The van der Waals surface area contributed by atoms with Crippen molar-refractivity contribution in [3.63, 3.8) is 0 Å². The molecule has 1 heterocycles. The molecule has 0 aliphatic carbocycles. The van der Waals surface area contributed by atoms with Crippen molar-refractivity contribution in [2.75, 3.05) is 7.05 Å². The highest BCUT2D eigenvalue weighted by molar-refractivity contribution is 6.31. The summed E-state index contributed by atoms with van der Waals surface area (Å²) in [4.78, 5) is 6.52. The number of hydrogen-bond donors (Lipinski definition) is 0. The smallest absolute Gasteiger partial charge is 0.241 e. The van der Waals surface area contributed by atoms with Crippen molar-refractivity contribution in [3.05, 3.63) is 71.1 Å². The zero-order valence-electron chi connectivity index (χ0n) is 12.2. The SMILES string of the molecule is CN(Cc1nc(-c2ccccc2)no1)Cc1ccccc1Cl. The van der Waals surface area contributed by atoms with Gasteiger partial charge in [0.05, 0.1) is 6.54 Å². The summed E-state index contributed by atoms with van der Waals surface area (Å²) in [5.41, 5.74) is 2.03. The average molecular weight is 314 g/mol. The van der Waals surface area contributed by atoms with Gasteiger partial charge in [0, 0.05) is 17.1 Å². The van der Waals surface area contributed by atoms with Crippen molar-refractivity contribution in [2.45, 2.75) is 13.1 Å². The number of benzene rings is 2. The summed E-state index contributed by atoms with van der Waals surface area (Å²) in [7, 11) is 2.00. The van der Waals surface area contributed by atoms with E-state index in [-0.39, 0.29) is 0 Å². The van der Waals surface area contributed by atoms with Gasteiger partial charge in [0.2, 0.25) is 11.7 Å². The maximum Gasteiger partial charge on any atom is 0.241 e. The molecule has 3 rings (SSSR count). The van der Waals surface area contributed by atoms with Crippen LogP contribution in [0.4, 0.5) is 0 Å². The largest absolute Gasteiger partial charge is 0.338 e. The van der Waals surface area contributed by atoms with Gasteiger partial charge in [0.15, 0.2) is 0 Å². The fraction of sp³-hybridized carbons (Fsp3) is 0.176. The van der Waals surface area contributed by atoms with Crippen molar-refractivity contribution in [2.24, 2.45) is 0 Å². The molecule has 0 fully saturated rings. The zero-order chi connectivity index (χ0) is 15.4. The first-order chi connectivity index (χ1) is 10.7. The molecule has 4 nitrogen and oxygen atoms in total. The highest BCUT2D eigenvalue weighted by atomic mass is 35.5. The molecule has 0 amide bonds. The first kappa shape index (κ1) is 14.8. The normalized spacial score (nSPS) is 11.0. The van der Waals surface area contributed by atoms with Crippen LogP contribution in [0.15, 0.2) is 59.1 Å². The van der Waals surface area contributed by atoms with Crippen LogP contribution in [0.2, 0.25) is 5.02 Å². The summed E-state index contributed by atoms with van der Waals surface area (Å²) in [5.74, 6) is 1.20. The summed E-state index contributed by atoms with van der Waals surface area (Å²) in [5, 5.41) is 4.79. The van der Waals surface area contributed by atoms with Gasteiger partial charge < -0.3 is 4.52 Å². The Hall–Kier alpha value is -2.17. The van der Waals surface area contributed by atoms with E-state index in [1.165, 1.54) is 0 Å². The Labute approximate surface area is 134 Å². The Bertz CT molecular complexity index is 742. The van der Waals surface area contributed by atoms with Crippen molar-refractivity contribution >= 4 is 11.6 Å². The molecule has 22 heavy (non-hydrogen) atoms. The van der Waals surface area contributed by atoms with E-state index in [4.69, 9.17) is 16.1 Å². The van der Waals surface area contributed by atoms with Gasteiger partial charge in [-0.05, 0) is 18.7 Å². The van der Waals surface area contributed by atoms with Gasteiger partial charge in [-0.3, -0.25) is 4.90 Å². The molecule has 2 aromatic carbocycles. The molecule has 3 aromatic rings. The molecule has 0 aliphatic heterocycles. The van der Waals surface area contributed by atoms with E-state index in [1.54, 1.807) is 0 Å². The number of nitrogens with zero attached hydrogens (tertiary/aromatic N) is 3. The van der Waals surface area contributed by atoms with E-state index in [0.29, 0.717) is 18.3 Å². The highest BCUT2D eigenvalue weighted by Crippen LogP contribution is 2.18. The van der Waals surface area contributed by atoms with Crippen LogP contribution in [0.3, 0.4) is 0 Å². The van der Waals surface area contributed by atoms with Crippen molar-refractivity contribution in [3.8, 4) is 11.4 Å². The van der Waals surface area contributed by atoms with Gasteiger partial charge in [-0.1, -0.05) is 65.3 Å². The quantitative estimate of drug-likeness (QED) is 0.713. The van der Waals surface area contributed by atoms with E-state index in [0.717, 1.165) is 22.7 Å². The number of rotatable bonds is 5. The zero-order valence-corrected chi connectivity index (χ0v) is 13.0. The Kier molecular flexibility index (Phi) is 4.51. The topological polar surface area (TPSA) is 42.2 Å². The molecule has 0 atom stereocenters. The second kappa shape index (κ2) is 6.73. The third-order valence-electron chi connectivity index (χ3n) is 3.30. The maximum absolute atomic E-state index is 6.18. The van der Waals surface area contributed by atoms with Crippen LogP contribution in [0.25, 0.3) is 11.4 Å². The predicted molar refractivity (Wildman–Crippen MR) is 86.4 cm³/mol. The van der Waals surface area contributed by atoms with Crippen LogP contribution in [0, 0.1) is 0 Å². The van der Waals surface area contributed by atoms with Gasteiger partial charge in [-0.2, -0.15) is 4.98 Å². The summed E-state index contributed by atoms with van der Waals surface area (Å²) in [6.07, 6.45) is 0. The number of hydrogen-bond acceptors (Lipinski definition) is 4. The summed E-state index contributed by atoms with van der Waals surface area (Å²) in [6.45, 7) is 1.30. The standard InChI is InChI=1S/C17H16ClN3O/c1-21(11-14-9-5-6-10-15(14)18)12-16-19-17(20-22-16)13-7-3-2-4-8-13/h2-10H,11-12H2,1H3. The molecular weight excluding hydrogens is 298 g/mol. The second-order valence-corrected chi connectivity index (χ2v) is 5.55. The molecule has 5 heteroatoms. The monoisotopic (exact) mass is 313 g/mol. The molecule has 0 N–H and O–H groups in total. The Morgan fingerprint density at radius 1 is 1.00 bits per heavy atom. The van der Waals surface area contributed by atoms with Crippen LogP contribution >= 0.6 is 11.6 Å². The van der Waals surface area contributed by atoms with E-state index in [9.17, 15) is 0 Å². The van der Waals surface area contributed by atoms with Gasteiger partial charge >= 0.3 is 0 Å². The molecule has 0 saturated heterocycles. The lowest BCUT2D eigenvalue weighted by Gasteiger charge is -2.14. The average Bonchev–Trinajstić information content (AvgIpc) is 2.99. The van der Waals surface area contributed by atoms with Crippen molar-refractivity contribution < 1.29 is 4.52 Å². The van der Waals surface area contributed by atoms with Crippen LogP contribution in [-0.4, -0.2) is 22.1 Å². The third-order valence-corrected chi connectivity index (χ3v) is 3.67. The molecule has 0 unspecified atom stereocenters. The van der Waals surface area contributed by atoms with Crippen LogP contribution in [-0.2, 0) is 13.1 Å². The molecule has 1 aromatic heterocycles. The summed E-state index contributed by atoms with van der Waals surface area (Å²) in [6, 6.07) is 17.6. The summed E-state index contributed by atoms with van der Waals surface area (Å²) >= 11 is 6.18. The first-order valence-corrected chi connectivity index (χ1v) is 7.40. The Morgan fingerprint density at radius 3 is 2.50 bits per heavy atom. The minimum atomic E-state index is 0.574. The Balaban J connectivity index is 1.66. The van der Waals surface area contributed by atoms with E-state index in [1.807, 2.05) is 61.6 Å². The summed E-state index contributed by atoms with van der Waals surface area (Å²) < 4.78 is 5.32. The predicted octanol–water partition coefficient (Wildman–Crippen LogP) is 4.02. The Morgan fingerprint density at radius 2 is 1.73 bits per heavy atom. The molecule has 0 saturated carbocycles. The fourth-order valence-corrected chi connectivity index (χ4v) is 2.42. The minimum absolute atomic E-state index is 0.574. The minimum Gasteiger partial charge on any atom is -0.338 e. The van der Waals surface area contributed by atoms with E-state index >= 15 is 0 Å². The fourth-order valence-electron chi connectivity index (χ4n) is 2.23. The molecule has 0 aliphatic rings. The number of aromatic nitrogens is 2. The molecule has 112 valence electrons. The van der Waals surface area contributed by atoms with E-state index < -0.39 is 0 Å². The van der Waals surface area contributed by atoms with Gasteiger partial charge in [0.25, 0.3) is 0 Å². The van der Waals surface area contributed by atoms with Crippen LogP contribution < -0.4 is 0 Å². The van der Waals surface area contributed by atoms with Gasteiger partial charge in [-0.15, -0.1) is 0 Å². The lowest BCUT2D eigenvalue weighted by atomic mass is 10.2. The van der Waals surface area contributed by atoms with E-state index in [2.05, 4.69) is 15.0 Å². The second-order valence-electron chi connectivity index (χ2n) is 5.14. The lowest BCUT2D eigenvalue weighted by Crippen LogP contribution is -2.17. The van der Waals surface area contributed by atoms with Gasteiger partial charge in [0.1, 0.15) is 0 Å². The molecular formula is C17H16ClN3O.